The fourth-order valence-corrected chi connectivity index (χ4v) is 6.23. The fourth-order valence-electron chi connectivity index (χ4n) is 6.23. The normalized spacial score (nSPS) is 38.9. The van der Waals surface area contributed by atoms with Gasteiger partial charge in [-0.25, -0.2) is 4.79 Å². The molecule has 1 aliphatic heterocycles. The van der Waals surface area contributed by atoms with Gasteiger partial charge in [0, 0.05) is 12.3 Å². The first kappa shape index (κ1) is 13.3. The summed E-state index contributed by atoms with van der Waals surface area (Å²) in [4.78, 5) is 12.9. The number of hydrogen-bond acceptors (Lipinski definition) is 3. The summed E-state index contributed by atoms with van der Waals surface area (Å²) < 4.78 is 12.5. The van der Waals surface area contributed by atoms with Crippen LogP contribution >= 0.6 is 0 Å². The lowest BCUT2D eigenvalue weighted by Crippen LogP contribution is -2.52. The molecule has 0 amide bonds. The number of ether oxygens (including phenoxy) is 2. The minimum Gasteiger partial charge on any atom is -0.451 e. The second-order valence-corrected chi connectivity index (χ2v) is 8.03. The fraction of sp³-hybridized carbons (Fsp3) is 0.476. The molecule has 5 unspecified atom stereocenters. The summed E-state index contributed by atoms with van der Waals surface area (Å²) >= 11 is 0. The van der Waals surface area contributed by atoms with Crippen molar-refractivity contribution >= 4 is 16.7 Å². The van der Waals surface area contributed by atoms with Crippen molar-refractivity contribution in [3.8, 4) is 5.75 Å². The number of rotatable bonds is 0. The molecule has 3 aliphatic carbocycles. The van der Waals surface area contributed by atoms with Gasteiger partial charge in [0.05, 0.1) is 0 Å². The number of carbonyl (C=O) groups is 1. The van der Waals surface area contributed by atoms with Crippen LogP contribution in [0.4, 0.5) is 0 Å². The van der Waals surface area contributed by atoms with E-state index in [4.69, 9.17) is 9.47 Å². The number of carbonyl (C=O) groups excluding carboxylic acids is 1. The Kier molecular flexibility index (Phi) is 2.39. The molecule has 0 radical (unpaired) electrons. The average molecular weight is 320 g/mol. The van der Waals surface area contributed by atoms with Gasteiger partial charge in [-0.3, -0.25) is 0 Å². The van der Waals surface area contributed by atoms with Crippen LogP contribution in [0.5, 0.6) is 5.75 Å². The lowest BCUT2D eigenvalue weighted by atomic mass is 9.78. The summed E-state index contributed by atoms with van der Waals surface area (Å²) in [7, 11) is 0. The van der Waals surface area contributed by atoms with E-state index in [9.17, 15) is 4.79 Å². The number of hydrogen-bond donors (Lipinski definition) is 0. The quantitative estimate of drug-likeness (QED) is 0.668. The maximum Gasteiger partial charge on any atom is 0.345 e. The molecule has 3 heteroatoms. The van der Waals surface area contributed by atoms with E-state index in [0.29, 0.717) is 29.1 Å². The summed E-state index contributed by atoms with van der Waals surface area (Å²) in [6, 6.07) is 11.9. The molecule has 0 aromatic heterocycles. The topological polar surface area (TPSA) is 35.5 Å². The van der Waals surface area contributed by atoms with E-state index >= 15 is 0 Å². The molecular formula is C21H20O3. The van der Waals surface area contributed by atoms with Crippen LogP contribution in [-0.4, -0.2) is 11.8 Å². The molecule has 2 aromatic carbocycles. The maximum absolute atomic E-state index is 12.9. The van der Waals surface area contributed by atoms with Crippen molar-refractivity contribution in [1.29, 1.82) is 0 Å². The van der Waals surface area contributed by atoms with E-state index in [0.717, 1.165) is 23.1 Å². The number of benzene rings is 2. The molecule has 1 heterocycles. The Labute approximate surface area is 140 Å². The van der Waals surface area contributed by atoms with Gasteiger partial charge >= 0.3 is 5.97 Å². The van der Waals surface area contributed by atoms with Crippen molar-refractivity contribution < 1.29 is 14.3 Å². The monoisotopic (exact) mass is 320 g/mol. The van der Waals surface area contributed by atoms with Gasteiger partial charge < -0.3 is 9.47 Å². The Bertz CT molecular complexity index is 873. The van der Waals surface area contributed by atoms with Gasteiger partial charge in [0.2, 0.25) is 0 Å². The molecule has 122 valence electrons. The zero-order valence-corrected chi connectivity index (χ0v) is 13.5. The van der Waals surface area contributed by atoms with Gasteiger partial charge in [0.1, 0.15) is 11.3 Å². The van der Waals surface area contributed by atoms with E-state index in [1.807, 2.05) is 36.4 Å². The molecule has 0 saturated heterocycles. The zero-order chi connectivity index (χ0) is 15.9. The third kappa shape index (κ3) is 1.51. The summed E-state index contributed by atoms with van der Waals surface area (Å²) in [6.07, 6.45) is 6.02. The van der Waals surface area contributed by atoms with Crippen molar-refractivity contribution in [2.24, 2.45) is 23.7 Å². The van der Waals surface area contributed by atoms with E-state index in [-0.39, 0.29) is 5.97 Å². The van der Waals surface area contributed by atoms with E-state index < -0.39 is 5.79 Å². The maximum atomic E-state index is 12.9. The molecule has 5 atom stereocenters. The molecule has 24 heavy (non-hydrogen) atoms. The first-order valence-corrected chi connectivity index (χ1v) is 9.19. The molecule has 3 fully saturated rings. The zero-order valence-electron chi connectivity index (χ0n) is 13.5. The van der Waals surface area contributed by atoms with Crippen molar-refractivity contribution in [1.82, 2.24) is 0 Å². The molecule has 1 spiro atoms. The first-order chi connectivity index (χ1) is 11.8. The van der Waals surface area contributed by atoms with Crippen molar-refractivity contribution in [2.45, 2.75) is 37.9 Å². The van der Waals surface area contributed by atoms with Gasteiger partial charge in [0.25, 0.3) is 5.79 Å². The van der Waals surface area contributed by atoms with E-state index in [1.165, 1.54) is 25.7 Å². The van der Waals surface area contributed by atoms with Crippen LogP contribution in [0.1, 0.15) is 42.5 Å². The van der Waals surface area contributed by atoms with Crippen LogP contribution in [0.3, 0.4) is 0 Å². The largest absolute Gasteiger partial charge is 0.451 e. The molecule has 2 bridgehead atoms. The molecule has 3 saturated carbocycles. The van der Waals surface area contributed by atoms with E-state index in [2.05, 4.69) is 0 Å². The highest BCUT2D eigenvalue weighted by atomic mass is 16.7. The van der Waals surface area contributed by atoms with Gasteiger partial charge in [-0.2, -0.15) is 0 Å². The highest BCUT2D eigenvalue weighted by molar-refractivity contribution is 6.07. The number of fused-ring (bicyclic) bond motifs is 9. The Morgan fingerprint density at radius 1 is 1.00 bits per heavy atom. The average Bonchev–Trinajstić information content (AvgIpc) is 3.26. The van der Waals surface area contributed by atoms with Crippen molar-refractivity contribution in [3.63, 3.8) is 0 Å². The second kappa shape index (κ2) is 4.33. The summed E-state index contributed by atoms with van der Waals surface area (Å²) in [5.41, 5.74) is 0.601. The molecule has 0 N–H and O–H groups in total. The van der Waals surface area contributed by atoms with Crippen LogP contribution in [0.2, 0.25) is 0 Å². The van der Waals surface area contributed by atoms with Crippen LogP contribution < -0.4 is 4.74 Å². The summed E-state index contributed by atoms with van der Waals surface area (Å²) in [5.74, 6) is 2.43. The lowest BCUT2D eigenvalue weighted by molar-refractivity contribution is -0.200. The Hall–Kier alpha value is -2.03. The smallest absolute Gasteiger partial charge is 0.345 e. The van der Waals surface area contributed by atoms with Crippen LogP contribution in [0.25, 0.3) is 10.8 Å². The Balaban J connectivity index is 1.47. The summed E-state index contributed by atoms with van der Waals surface area (Å²) in [5, 5.41) is 1.98. The number of esters is 1. The van der Waals surface area contributed by atoms with Crippen LogP contribution in [-0.2, 0) is 4.74 Å². The van der Waals surface area contributed by atoms with E-state index in [1.54, 1.807) is 0 Å². The Morgan fingerprint density at radius 3 is 2.83 bits per heavy atom. The molecule has 6 rings (SSSR count). The molecule has 2 aromatic rings. The standard InChI is InChI=1S/C21H20O3/c22-20-19-15-5-2-1-4-12(15)8-9-18(19)23-21(24-20)11-13-10-17(21)16-7-3-6-14(13)16/h1-2,4-5,8-9,13-14,16-17H,3,6-7,10-11H2. The predicted octanol–water partition coefficient (Wildman–Crippen LogP) is 4.54. The molecule has 4 aliphatic rings. The highest BCUT2D eigenvalue weighted by Crippen LogP contribution is 2.64. The van der Waals surface area contributed by atoms with Gasteiger partial charge in [-0.15, -0.1) is 0 Å². The minimum atomic E-state index is -0.692. The van der Waals surface area contributed by atoms with Gasteiger partial charge in [0.15, 0.2) is 0 Å². The highest BCUT2D eigenvalue weighted by Gasteiger charge is 2.66. The SMILES string of the molecule is O=C1OC2(CC3CC2C2CCCC32)Oc2ccc3ccccc3c21. The summed E-state index contributed by atoms with van der Waals surface area (Å²) in [6.45, 7) is 0. The molecular weight excluding hydrogens is 300 g/mol. The van der Waals surface area contributed by atoms with Crippen LogP contribution in [0, 0.1) is 23.7 Å². The third-order valence-electron chi connectivity index (χ3n) is 7.06. The van der Waals surface area contributed by atoms with Crippen molar-refractivity contribution in [2.75, 3.05) is 0 Å². The predicted molar refractivity (Wildman–Crippen MR) is 89.8 cm³/mol. The minimum absolute atomic E-state index is 0.199. The van der Waals surface area contributed by atoms with Crippen molar-refractivity contribution in [3.05, 3.63) is 42.0 Å². The lowest BCUT2D eigenvalue weighted by Gasteiger charge is -2.44. The second-order valence-electron chi connectivity index (χ2n) is 8.03. The third-order valence-corrected chi connectivity index (χ3v) is 7.06. The van der Waals surface area contributed by atoms with Gasteiger partial charge in [-0.05, 0) is 53.9 Å². The van der Waals surface area contributed by atoms with Crippen LogP contribution in [0.15, 0.2) is 36.4 Å². The first-order valence-electron chi connectivity index (χ1n) is 9.19. The molecule has 3 nitrogen and oxygen atoms in total. The Morgan fingerprint density at radius 2 is 1.88 bits per heavy atom. The van der Waals surface area contributed by atoms with Gasteiger partial charge in [-0.1, -0.05) is 36.8 Å².